The topological polar surface area (TPSA) is 89.4 Å². The molecule has 0 saturated heterocycles. The minimum atomic E-state index is -0.469. The molecule has 144 valence electrons. The Hall–Kier alpha value is -1.59. The summed E-state index contributed by atoms with van der Waals surface area (Å²) in [5.74, 6) is 0.413. The van der Waals surface area contributed by atoms with E-state index < -0.39 is 5.91 Å². The first-order chi connectivity index (χ1) is 12.0. The Morgan fingerprint density at radius 1 is 1.15 bits per heavy atom. The molecule has 26 heavy (non-hydrogen) atoms. The van der Waals surface area contributed by atoms with Crippen LogP contribution in [0, 0.1) is 17.8 Å². The molecule has 1 aromatic carbocycles. The van der Waals surface area contributed by atoms with E-state index in [1.54, 1.807) is 4.90 Å². The maximum Gasteiger partial charge on any atom is 0.237 e. The molecule has 0 spiro atoms. The maximum atomic E-state index is 13.3. The number of benzene rings is 1. The Labute approximate surface area is 161 Å². The van der Waals surface area contributed by atoms with E-state index in [1.165, 1.54) is 6.42 Å². The van der Waals surface area contributed by atoms with Crippen molar-refractivity contribution in [2.24, 2.45) is 29.2 Å². The van der Waals surface area contributed by atoms with E-state index in [1.807, 2.05) is 37.3 Å². The number of hydrogen-bond donors (Lipinski definition) is 2. The average molecular weight is 380 g/mol. The van der Waals surface area contributed by atoms with Crippen LogP contribution in [0.5, 0.6) is 0 Å². The molecule has 2 aliphatic carbocycles. The molecule has 3 rings (SSSR count). The number of carbonyl (C=O) groups excluding carboxylic acids is 2. The fraction of sp³-hybridized carbons (Fsp3) is 0.600. The summed E-state index contributed by atoms with van der Waals surface area (Å²) in [5, 5.41) is 0. The minimum Gasteiger partial charge on any atom is -0.368 e. The van der Waals surface area contributed by atoms with E-state index in [2.05, 4.69) is 0 Å². The number of carbonyl (C=O) groups is 2. The van der Waals surface area contributed by atoms with Gasteiger partial charge in [-0.2, -0.15) is 0 Å². The summed E-state index contributed by atoms with van der Waals surface area (Å²) in [6.45, 7) is 1.93. The summed E-state index contributed by atoms with van der Waals surface area (Å²) in [7, 11) is 0. The van der Waals surface area contributed by atoms with Crippen molar-refractivity contribution in [1.29, 1.82) is 0 Å². The number of nitrogens with zero attached hydrogens (tertiary/aromatic N) is 1. The van der Waals surface area contributed by atoms with Crippen LogP contribution in [-0.2, 0) is 9.59 Å². The third-order valence-electron chi connectivity index (χ3n) is 6.12. The van der Waals surface area contributed by atoms with E-state index in [0.717, 1.165) is 31.2 Å². The fourth-order valence-corrected chi connectivity index (χ4v) is 4.71. The van der Waals surface area contributed by atoms with Crippen molar-refractivity contribution >= 4 is 24.2 Å². The smallest absolute Gasteiger partial charge is 0.237 e. The molecule has 5 nitrogen and oxygen atoms in total. The van der Waals surface area contributed by atoms with E-state index in [-0.39, 0.29) is 42.9 Å². The van der Waals surface area contributed by atoms with Gasteiger partial charge in [0.05, 0.1) is 12.6 Å². The lowest BCUT2D eigenvalue weighted by molar-refractivity contribution is -0.143. The van der Waals surface area contributed by atoms with Crippen molar-refractivity contribution in [3.63, 3.8) is 0 Å². The summed E-state index contributed by atoms with van der Waals surface area (Å²) in [6.07, 6.45) is 5.13. The van der Waals surface area contributed by atoms with Gasteiger partial charge in [0.2, 0.25) is 11.8 Å². The van der Waals surface area contributed by atoms with Gasteiger partial charge in [-0.05, 0) is 50.0 Å². The third kappa shape index (κ3) is 4.38. The fourth-order valence-electron chi connectivity index (χ4n) is 4.71. The average Bonchev–Trinajstić information content (AvgIpc) is 2.59. The van der Waals surface area contributed by atoms with Gasteiger partial charge in [0.15, 0.2) is 0 Å². The highest BCUT2D eigenvalue weighted by atomic mass is 35.5. The number of hydrogen-bond acceptors (Lipinski definition) is 3. The lowest BCUT2D eigenvalue weighted by Crippen LogP contribution is -2.51. The molecule has 2 aliphatic rings. The first-order valence-corrected chi connectivity index (χ1v) is 9.36. The maximum absolute atomic E-state index is 13.3. The largest absolute Gasteiger partial charge is 0.368 e. The number of amides is 2. The molecule has 2 unspecified atom stereocenters. The molecule has 2 fully saturated rings. The molecule has 0 heterocycles. The molecular formula is C20H30ClN3O2. The van der Waals surface area contributed by atoms with Crippen LogP contribution in [0.3, 0.4) is 0 Å². The molecule has 2 amide bonds. The van der Waals surface area contributed by atoms with Crippen molar-refractivity contribution < 1.29 is 9.59 Å². The molecule has 1 aromatic rings. The molecule has 2 bridgehead atoms. The summed E-state index contributed by atoms with van der Waals surface area (Å²) in [5.41, 5.74) is 12.8. The van der Waals surface area contributed by atoms with Gasteiger partial charge in [0.25, 0.3) is 0 Å². The van der Waals surface area contributed by atoms with Gasteiger partial charge in [0, 0.05) is 12.0 Å². The monoisotopic (exact) mass is 379 g/mol. The summed E-state index contributed by atoms with van der Waals surface area (Å²) < 4.78 is 0. The zero-order valence-electron chi connectivity index (χ0n) is 15.3. The minimum absolute atomic E-state index is 0. The Kier molecular flexibility index (Phi) is 7.07. The molecular weight excluding hydrogens is 350 g/mol. The van der Waals surface area contributed by atoms with E-state index in [9.17, 15) is 9.59 Å². The third-order valence-corrected chi connectivity index (χ3v) is 6.12. The molecule has 6 heteroatoms. The van der Waals surface area contributed by atoms with Crippen LogP contribution in [0.2, 0.25) is 0 Å². The summed E-state index contributed by atoms with van der Waals surface area (Å²) >= 11 is 0. The second-order valence-electron chi connectivity index (χ2n) is 7.72. The normalized spacial score (nSPS) is 28.5. The predicted molar refractivity (Wildman–Crippen MR) is 105 cm³/mol. The van der Waals surface area contributed by atoms with Crippen LogP contribution >= 0.6 is 12.4 Å². The Bertz CT molecular complexity index is 611. The van der Waals surface area contributed by atoms with Gasteiger partial charge in [-0.3, -0.25) is 9.59 Å². The van der Waals surface area contributed by atoms with Gasteiger partial charge < -0.3 is 16.4 Å². The van der Waals surface area contributed by atoms with Crippen LogP contribution in [0.1, 0.15) is 50.6 Å². The lowest BCUT2D eigenvalue weighted by atomic mass is 9.65. The Morgan fingerprint density at radius 3 is 2.27 bits per heavy atom. The van der Waals surface area contributed by atoms with Crippen molar-refractivity contribution in [2.45, 2.75) is 51.1 Å². The van der Waals surface area contributed by atoms with Crippen molar-refractivity contribution in [3.05, 3.63) is 35.9 Å². The predicted octanol–water partition coefficient (Wildman–Crippen LogP) is 2.64. The number of fused-ring (bicyclic) bond motifs is 2. The molecule has 0 radical (unpaired) electrons. The Morgan fingerprint density at radius 2 is 1.73 bits per heavy atom. The van der Waals surface area contributed by atoms with Crippen LogP contribution in [0.4, 0.5) is 0 Å². The SMILES string of the molecule is C[C@H](c1ccccc1)N(CC(N)=O)C(=O)C1CC2CCCC(C1)C2N.Cl. The van der Waals surface area contributed by atoms with Gasteiger partial charge in [-0.1, -0.05) is 36.8 Å². The highest BCUT2D eigenvalue weighted by Gasteiger charge is 2.42. The van der Waals surface area contributed by atoms with Crippen LogP contribution in [0.25, 0.3) is 0 Å². The molecule has 2 saturated carbocycles. The number of nitrogens with two attached hydrogens (primary N) is 2. The zero-order valence-corrected chi connectivity index (χ0v) is 16.2. The van der Waals surface area contributed by atoms with Gasteiger partial charge >= 0.3 is 0 Å². The van der Waals surface area contributed by atoms with Crippen molar-refractivity contribution in [2.75, 3.05) is 6.54 Å². The first-order valence-electron chi connectivity index (χ1n) is 9.36. The number of primary amides is 1. The molecule has 3 atom stereocenters. The standard InChI is InChI=1S/C20H29N3O2.ClH/c1-13(14-6-3-2-4-7-14)23(12-18(21)24)20(25)17-10-15-8-5-9-16(11-17)19(15)22;/h2-4,6-7,13,15-17,19H,5,8-12,22H2,1H3,(H2,21,24);1H/t13-,15?,16?,17?,19?;/m1./s1. The molecule has 0 aliphatic heterocycles. The number of rotatable bonds is 5. The second kappa shape index (κ2) is 8.87. The first kappa shape index (κ1) is 20.7. The van der Waals surface area contributed by atoms with Crippen LogP contribution in [0.15, 0.2) is 30.3 Å². The number of halogens is 1. The van der Waals surface area contributed by atoms with E-state index in [4.69, 9.17) is 11.5 Å². The van der Waals surface area contributed by atoms with Crippen molar-refractivity contribution in [1.82, 2.24) is 4.90 Å². The quantitative estimate of drug-likeness (QED) is 0.824. The molecule has 0 aromatic heterocycles. The van der Waals surface area contributed by atoms with Crippen LogP contribution in [-0.4, -0.2) is 29.3 Å². The van der Waals surface area contributed by atoms with E-state index in [0.29, 0.717) is 11.8 Å². The second-order valence-corrected chi connectivity index (χ2v) is 7.72. The van der Waals surface area contributed by atoms with Gasteiger partial charge in [-0.15, -0.1) is 12.4 Å². The van der Waals surface area contributed by atoms with Gasteiger partial charge in [-0.25, -0.2) is 0 Å². The van der Waals surface area contributed by atoms with Gasteiger partial charge in [0.1, 0.15) is 0 Å². The van der Waals surface area contributed by atoms with Crippen LogP contribution < -0.4 is 11.5 Å². The van der Waals surface area contributed by atoms with E-state index >= 15 is 0 Å². The highest BCUT2D eigenvalue weighted by Crippen LogP contribution is 2.43. The molecule has 4 N–H and O–H groups in total. The summed E-state index contributed by atoms with van der Waals surface area (Å²) in [6, 6.07) is 9.87. The van der Waals surface area contributed by atoms with Crippen molar-refractivity contribution in [3.8, 4) is 0 Å². The highest BCUT2D eigenvalue weighted by molar-refractivity contribution is 5.86. The lowest BCUT2D eigenvalue weighted by Gasteiger charge is -2.45. The summed E-state index contributed by atoms with van der Waals surface area (Å²) in [4.78, 5) is 26.5. The Balaban J connectivity index is 0.00000243. The zero-order chi connectivity index (χ0) is 18.0.